The largest absolute Gasteiger partial charge is 0.381 e. The summed E-state index contributed by atoms with van der Waals surface area (Å²) in [5.74, 6) is 0.379. The van der Waals surface area contributed by atoms with Crippen LogP contribution < -0.4 is 5.73 Å². The lowest BCUT2D eigenvalue weighted by Crippen LogP contribution is -2.02. The van der Waals surface area contributed by atoms with E-state index in [2.05, 4.69) is 16.4 Å². The van der Waals surface area contributed by atoms with Gasteiger partial charge in [0.25, 0.3) is 0 Å². The van der Waals surface area contributed by atoms with Crippen LogP contribution in [0.25, 0.3) is 0 Å². The van der Waals surface area contributed by atoms with Crippen molar-refractivity contribution in [2.24, 2.45) is 0 Å². The van der Waals surface area contributed by atoms with Crippen LogP contribution in [0.4, 0.5) is 5.82 Å². The van der Waals surface area contributed by atoms with Gasteiger partial charge in [0.2, 0.25) is 0 Å². The zero-order valence-electron chi connectivity index (χ0n) is 7.96. The first-order valence-corrected chi connectivity index (χ1v) is 4.43. The first-order chi connectivity index (χ1) is 7.29. The fourth-order valence-corrected chi connectivity index (χ4v) is 1.33. The molecular formula is C10H9N5. The molecule has 2 rings (SSSR count). The number of hydrogen-bond donors (Lipinski definition) is 1. The van der Waals surface area contributed by atoms with Crippen molar-refractivity contribution >= 4 is 5.82 Å². The van der Waals surface area contributed by atoms with Gasteiger partial charge < -0.3 is 5.73 Å². The highest BCUT2D eigenvalue weighted by atomic mass is 15.4. The van der Waals surface area contributed by atoms with E-state index in [0.29, 0.717) is 17.9 Å². The Hall–Kier alpha value is -2.35. The second-order valence-corrected chi connectivity index (χ2v) is 3.11. The quantitative estimate of drug-likeness (QED) is 0.775. The predicted molar refractivity (Wildman–Crippen MR) is 54.7 cm³/mol. The molecule has 2 N–H and O–H groups in total. The molecule has 0 spiro atoms. The molecule has 15 heavy (non-hydrogen) atoms. The molecule has 74 valence electrons. The van der Waals surface area contributed by atoms with E-state index in [1.54, 1.807) is 16.9 Å². The summed E-state index contributed by atoms with van der Waals surface area (Å²) in [6.45, 7) is 0.508. The summed E-state index contributed by atoms with van der Waals surface area (Å²) in [6.07, 6.45) is 1.63. The average Bonchev–Trinajstić information content (AvgIpc) is 2.65. The minimum atomic E-state index is 0.379. The standard InChI is InChI=1S/C10H9N5/c11-5-8-3-1-2-4-9(8)6-15-7-10(12)13-14-15/h1-4,7H,6,12H2. The summed E-state index contributed by atoms with van der Waals surface area (Å²) in [6, 6.07) is 9.51. The van der Waals surface area contributed by atoms with E-state index < -0.39 is 0 Å². The van der Waals surface area contributed by atoms with Crippen molar-refractivity contribution in [1.29, 1.82) is 5.26 Å². The van der Waals surface area contributed by atoms with Crippen LogP contribution in [0.1, 0.15) is 11.1 Å². The molecule has 2 aromatic rings. The summed E-state index contributed by atoms with van der Waals surface area (Å²) in [5.41, 5.74) is 7.00. The van der Waals surface area contributed by atoms with Crippen molar-refractivity contribution in [2.75, 3.05) is 5.73 Å². The van der Waals surface area contributed by atoms with Gasteiger partial charge in [-0.25, -0.2) is 4.68 Å². The third-order valence-corrected chi connectivity index (χ3v) is 2.03. The first kappa shape index (κ1) is 9.21. The van der Waals surface area contributed by atoms with Crippen molar-refractivity contribution in [3.05, 3.63) is 41.6 Å². The van der Waals surface area contributed by atoms with E-state index in [9.17, 15) is 0 Å². The third kappa shape index (κ3) is 1.94. The highest BCUT2D eigenvalue weighted by Gasteiger charge is 2.02. The molecule has 0 amide bonds. The molecule has 0 fully saturated rings. The van der Waals surface area contributed by atoms with Gasteiger partial charge >= 0.3 is 0 Å². The number of rotatable bonds is 2. The molecule has 0 unspecified atom stereocenters. The normalized spacial score (nSPS) is 9.80. The van der Waals surface area contributed by atoms with E-state index in [0.717, 1.165) is 5.56 Å². The lowest BCUT2D eigenvalue weighted by molar-refractivity contribution is 0.649. The van der Waals surface area contributed by atoms with Crippen LogP contribution in [0.3, 0.4) is 0 Å². The van der Waals surface area contributed by atoms with Gasteiger partial charge in [0.1, 0.15) is 0 Å². The SMILES string of the molecule is N#Cc1ccccc1Cn1cc(N)nn1. The molecule has 0 atom stereocenters. The molecule has 0 aliphatic heterocycles. The van der Waals surface area contributed by atoms with Crippen LogP contribution in [0, 0.1) is 11.3 Å². The Balaban J connectivity index is 2.28. The predicted octanol–water partition coefficient (Wildman–Crippen LogP) is 0.780. The number of benzene rings is 1. The number of nitrogens with zero attached hydrogens (tertiary/aromatic N) is 4. The van der Waals surface area contributed by atoms with Gasteiger partial charge in [-0.05, 0) is 11.6 Å². The maximum Gasteiger partial charge on any atom is 0.165 e. The third-order valence-electron chi connectivity index (χ3n) is 2.03. The second kappa shape index (κ2) is 3.80. The Morgan fingerprint density at radius 2 is 2.20 bits per heavy atom. The molecule has 0 aliphatic rings. The number of nitriles is 1. The van der Waals surface area contributed by atoms with E-state index in [1.807, 2.05) is 18.2 Å². The van der Waals surface area contributed by atoms with E-state index in [4.69, 9.17) is 11.0 Å². The highest BCUT2D eigenvalue weighted by Crippen LogP contribution is 2.09. The van der Waals surface area contributed by atoms with Crippen LogP contribution in [-0.4, -0.2) is 15.0 Å². The maximum atomic E-state index is 8.88. The summed E-state index contributed by atoms with van der Waals surface area (Å²) >= 11 is 0. The number of nitrogen functional groups attached to an aromatic ring is 1. The zero-order valence-corrected chi connectivity index (χ0v) is 7.96. The average molecular weight is 199 g/mol. The van der Waals surface area contributed by atoms with Crippen LogP contribution in [0.2, 0.25) is 0 Å². The Morgan fingerprint density at radius 1 is 1.40 bits per heavy atom. The Bertz CT molecular complexity index is 509. The summed E-state index contributed by atoms with van der Waals surface area (Å²) < 4.78 is 1.60. The topological polar surface area (TPSA) is 80.5 Å². The maximum absolute atomic E-state index is 8.88. The Kier molecular flexibility index (Phi) is 2.33. The number of hydrogen-bond acceptors (Lipinski definition) is 4. The van der Waals surface area contributed by atoms with Crippen molar-refractivity contribution in [1.82, 2.24) is 15.0 Å². The van der Waals surface area contributed by atoms with E-state index >= 15 is 0 Å². The van der Waals surface area contributed by atoms with Crippen LogP contribution >= 0.6 is 0 Å². The van der Waals surface area contributed by atoms with Gasteiger partial charge in [0.05, 0.1) is 24.4 Å². The van der Waals surface area contributed by atoms with Gasteiger partial charge in [-0.3, -0.25) is 0 Å². The zero-order chi connectivity index (χ0) is 10.7. The number of nitrogens with two attached hydrogens (primary N) is 1. The monoisotopic (exact) mass is 199 g/mol. The van der Waals surface area contributed by atoms with E-state index in [-0.39, 0.29) is 0 Å². The van der Waals surface area contributed by atoms with Gasteiger partial charge in [0, 0.05) is 0 Å². The smallest absolute Gasteiger partial charge is 0.165 e. The highest BCUT2D eigenvalue weighted by molar-refractivity contribution is 5.37. The van der Waals surface area contributed by atoms with Crippen molar-refractivity contribution in [3.63, 3.8) is 0 Å². The molecule has 0 radical (unpaired) electrons. The Morgan fingerprint density at radius 3 is 2.87 bits per heavy atom. The van der Waals surface area contributed by atoms with Crippen molar-refractivity contribution < 1.29 is 0 Å². The fourth-order valence-electron chi connectivity index (χ4n) is 1.33. The molecule has 5 heteroatoms. The molecule has 0 saturated carbocycles. The van der Waals surface area contributed by atoms with Crippen LogP contribution in [0.5, 0.6) is 0 Å². The second-order valence-electron chi connectivity index (χ2n) is 3.11. The van der Waals surface area contributed by atoms with Gasteiger partial charge in [-0.15, -0.1) is 5.10 Å². The molecule has 0 saturated heterocycles. The molecule has 1 aromatic carbocycles. The minimum absolute atomic E-state index is 0.379. The molecular weight excluding hydrogens is 190 g/mol. The van der Waals surface area contributed by atoms with Gasteiger partial charge in [-0.1, -0.05) is 23.4 Å². The summed E-state index contributed by atoms with van der Waals surface area (Å²) in [4.78, 5) is 0. The minimum Gasteiger partial charge on any atom is -0.381 e. The summed E-state index contributed by atoms with van der Waals surface area (Å²) in [5, 5.41) is 16.4. The molecule has 1 heterocycles. The van der Waals surface area contributed by atoms with Crippen molar-refractivity contribution in [3.8, 4) is 6.07 Å². The lowest BCUT2D eigenvalue weighted by atomic mass is 10.1. The molecule has 1 aromatic heterocycles. The van der Waals surface area contributed by atoms with Gasteiger partial charge in [-0.2, -0.15) is 5.26 Å². The van der Waals surface area contributed by atoms with E-state index in [1.165, 1.54) is 0 Å². The fraction of sp³-hybridized carbons (Fsp3) is 0.100. The Labute approximate surface area is 86.7 Å². The molecule has 0 bridgehead atoms. The first-order valence-electron chi connectivity index (χ1n) is 4.43. The molecule has 0 aliphatic carbocycles. The molecule has 5 nitrogen and oxygen atoms in total. The van der Waals surface area contributed by atoms with Crippen molar-refractivity contribution in [2.45, 2.75) is 6.54 Å². The summed E-state index contributed by atoms with van der Waals surface area (Å²) in [7, 11) is 0. The van der Waals surface area contributed by atoms with Gasteiger partial charge in [0.15, 0.2) is 5.82 Å². The lowest BCUT2D eigenvalue weighted by Gasteiger charge is -2.02. The van der Waals surface area contributed by atoms with Crippen LogP contribution in [-0.2, 0) is 6.54 Å². The van der Waals surface area contributed by atoms with Crippen LogP contribution in [0.15, 0.2) is 30.5 Å². The number of anilines is 1. The number of aromatic nitrogens is 3.